The van der Waals surface area contributed by atoms with Gasteiger partial charge in [0.15, 0.2) is 5.15 Å². The van der Waals surface area contributed by atoms with E-state index in [-0.39, 0.29) is 19.0 Å². The topological polar surface area (TPSA) is 92.5 Å². The third kappa shape index (κ3) is 4.07. The van der Waals surface area contributed by atoms with Crippen LogP contribution < -0.4 is 5.32 Å². The van der Waals surface area contributed by atoms with Crippen LogP contribution in [-0.2, 0) is 16.4 Å². The first kappa shape index (κ1) is 19.2. The maximum Gasteiger partial charge on any atom is 0.241 e. The quantitative estimate of drug-likeness (QED) is 0.816. The molecule has 11 heteroatoms. The lowest BCUT2D eigenvalue weighted by Gasteiger charge is -2.33. The van der Waals surface area contributed by atoms with Crippen LogP contribution in [0, 0.1) is 5.92 Å². The van der Waals surface area contributed by atoms with E-state index in [0.717, 1.165) is 10.6 Å². The minimum Gasteiger partial charge on any atom is -0.347 e. The van der Waals surface area contributed by atoms with E-state index in [0.29, 0.717) is 35.3 Å². The molecule has 1 aliphatic heterocycles. The summed E-state index contributed by atoms with van der Waals surface area (Å²) in [7, 11) is -3.39. The second kappa shape index (κ2) is 7.24. The van der Waals surface area contributed by atoms with Crippen molar-refractivity contribution in [3.05, 3.63) is 17.2 Å². The number of nitrogens with one attached hydrogen (secondary N) is 1. The Hall–Kier alpha value is -1.52. The van der Waals surface area contributed by atoms with Gasteiger partial charge in [-0.3, -0.25) is 0 Å². The SMILES string of the molecule is CC(C)Cc1nc(Cl)c2cnc(N[C@H]3CCN(S(C)(=O)=O)C[C@@H]3F)nn12. The van der Waals surface area contributed by atoms with Gasteiger partial charge in [-0.1, -0.05) is 25.4 Å². The number of hydrogen-bond donors (Lipinski definition) is 1. The van der Waals surface area contributed by atoms with Crippen LogP contribution in [0.5, 0.6) is 0 Å². The number of nitrogens with zero attached hydrogens (tertiary/aromatic N) is 5. The molecule has 3 rings (SSSR count). The summed E-state index contributed by atoms with van der Waals surface area (Å²) >= 11 is 6.13. The van der Waals surface area contributed by atoms with E-state index in [1.807, 2.05) is 0 Å². The summed E-state index contributed by atoms with van der Waals surface area (Å²) < 4.78 is 40.3. The molecule has 144 valence electrons. The third-order valence-corrected chi connectivity index (χ3v) is 5.84. The number of rotatable bonds is 5. The summed E-state index contributed by atoms with van der Waals surface area (Å²) in [6.07, 6.45) is 2.32. The van der Waals surface area contributed by atoms with Crippen molar-refractivity contribution in [1.82, 2.24) is 23.9 Å². The van der Waals surface area contributed by atoms with Gasteiger partial charge in [0, 0.05) is 19.5 Å². The van der Waals surface area contributed by atoms with E-state index in [9.17, 15) is 12.8 Å². The Morgan fingerprint density at radius 2 is 2.19 bits per heavy atom. The Labute approximate surface area is 156 Å². The molecular weight excluding hydrogens is 383 g/mol. The minimum atomic E-state index is -3.39. The zero-order valence-corrected chi connectivity index (χ0v) is 16.4. The van der Waals surface area contributed by atoms with Crippen molar-refractivity contribution >= 4 is 33.1 Å². The number of sulfonamides is 1. The normalized spacial score (nSPS) is 22.2. The van der Waals surface area contributed by atoms with E-state index >= 15 is 0 Å². The van der Waals surface area contributed by atoms with E-state index in [2.05, 4.69) is 34.2 Å². The molecule has 26 heavy (non-hydrogen) atoms. The van der Waals surface area contributed by atoms with Crippen molar-refractivity contribution < 1.29 is 12.8 Å². The monoisotopic (exact) mass is 404 g/mol. The molecule has 0 aliphatic carbocycles. The van der Waals surface area contributed by atoms with Crippen molar-refractivity contribution in [3.63, 3.8) is 0 Å². The van der Waals surface area contributed by atoms with Crippen LogP contribution in [0.1, 0.15) is 26.1 Å². The van der Waals surface area contributed by atoms with E-state index in [4.69, 9.17) is 11.6 Å². The minimum absolute atomic E-state index is 0.172. The summed E-state index contributed by atoms with van der Waals surface area (Å²) in [6.45, 7) is 4.22. The van der Waals surface area contributed by atoms with Gasteiger partial charge in [-0.2, -0.15) is 4.31 Å². The van der Waals surface area contributed by atoms with Gasteiger partial charge >= 0.3 is 0 Å². The number of fused-ring (bicyclic) bond motifs is 1. The van der Waals surface area contributed by atoms with Gasteiger partial charge in [0.1, 0.15) is 17.5 Å². The highest BCUT2D eigenvalue weighted by molar-refractivity contribution is 7.88. The highest BCUT2D eigenvalue weighted by atomic mass is 35.5. The molecule has 0 aromatic carbocycles. The number of halogens is 2. The van der Waals surface area contributed by atoms with E-state index in [1.165, 1.54) is 0 Å². The first-order valence-corrected chi connectivity index (χ1v) is 10.6. The lowest BCUT2D eigenvalue weighted by Crippen LogP contribution is -2.49. The molecule has 3 heterocycles. The highest BCUT2D eigenvalue weighted by Gasteiger charge is 2.33. The average Bonchev–Trinajstić information content (AvgIpc) is 2.83. The molecule has 1 saturated heterocycles. The highest BCUT2D eigenvalue weighted by Crippen LogP contribution is 2.22. The number of aromatic nitrogens is 4. The van der Waals surface area contributed by atoms with Gasteiger partial charge in [0.05, 0.1) is 18.5 Å². The third-order valence-electron chi connectivity index (χ3n) is 4.29. The Kier molecular flexibility index (Phi) is 5.36. The summed E-state index contributed by atoms with van der Waals surface area (Å²) in [5.41, 5.74) is 0.594. The second-order valence-electron chi connectivity index (χ2n) is 6.97. The van der Waals surface area contributed by atoms with Crippen molar-refractivity contribution in [2.45, 2.75) is 38.9 Å². The predicted octanol–water partition coefficient (Wildman–Crippen LogP) is 1.76. The van der Waals surface area contributed by atoms with Crippen LogP contribution in [-0.4, -0.2) is 63.9 Å². The van der Waals surface area contributed by atoms with Crippen LogP contribution in [0.25, 0.3) is 5.52 Å². The molecule has 0 radical (unpaired) electrons. The molecular formula is C15H22ClFN6O2S. The largest absolute Gasteiger partial charge is 0.347 e. The number of imidazole rings is 1. The zero-order valence-electron chi connectivity index (χ0n) is 14.9. The molecule has 0 spiro atoms. The first-order chi connectivity index (χ1) is 12.1. The molecule has 0 bridgehead atoms. The van der Waals surface area contributed by atoms with Crippen molar-refractivity contribution in [2.24, 2.45) is 5.92 Å². The number of piperidine rings is 1. The lowest BCUT2D eigenvalue weighted by molar-refractivity contribution is 0.186. The van der Waals surface area contributed by atoms with Gasteiger partial charge in [0.25, 0.3) is 0 Å². The average molecular weight is 405 g/mol. The van der Waals surface area contributed by atoms with Gasteiger partial charge in [-0.15, -0.1) is 5.10 Å². The van der Waals surface area contributed by atoms with E-state index < -0.39 is 22.2 Å². The van der Waals surface area contributed by atoms with Crippen LogP contribution >= 0.6 is 11.6 Å². The van der Waals surface area contributed by atoms with Gasteiger partial charge < -0.3 is 5.32 Å². The van der Waals surface area contributed by atoms with Gasteiger partial charge in [0.2, 0.25) is 16.0 Å². The summed E-state index contributed by atoms with van der Waals surface area (Å²) in [4.78, 5) is 8.51. The van der Waals surface area contributed by atoms with E-state index in [1.54, 1.807) is 10.7 Å². The maximum atomic E-state index is 14.4. The Morgan fingerprint density at radius 3 is 2.81 bits per heavy atom. The summed E-state index contributed by atoms with van der Waals surface area (Å²) in [5.74, 6) is 1.35. The molecule has 0 saturated carbocycles. The number of hydrogen-bond acceptors (Lipinski definition) is 6. The molecule has 8 nitrogen and oxygen atoms in total. The van der Waals surface area contributed by atoms with Crippen molar-refractivity contribution in [1.29, 1.82) is 0 Å². The Morgan fingerprint density at radius 1 is 1.46 bits per heavy atom. The zero-order chi connectivity index (χ0) is 19.1. The molecule has 1 aliphatic rings. The van der Waals surface area contributed by atoms with Gasteiger partial charge in [-0.25, -0.2) is 27.3 Å². The smallest absolute Gasteiger partial charge is 0.241 e. The standard InChI is InChI=1S/C15H22ClFN6O2S/c1-9(2)6-13-20-14(16)12-7-18-15(21-23(12)13)19-11-4-5-22(8-10(11)17)26(3,24)25/h7,9-11H,4-6,8H2,1-3H3,(H,19,21)/t10-,11-/m0/s1. The van der Waals surface area contributed by atoms with Crippen LogP contribution in [0.4, 0.5) is 10.3 Å². The van der Waals surface area contributed by atoms with Gasteiger partial charge in [-0.05, 0) is 12.3 Å². The molecule has 0 unspecified atom stereocenters. The van der Waals surface area contributed by atoms with Crippen LogP contribution in [0.3, 0.4) is 0 Å². The lowest BCUT2D eigenvalue weighted by atomic mass is 10.1. The molecule has 1 N–H and O–H groups in total. The van der Waals surface area contributed by atoms with Crippen LogP contribution in [0.2, 0.25) is 5.15 Å². The molecule has 2 atom stereocenters. The summed E-state index contributed by atoms with van der Waals surface area (Å²) in [5, 5.41) is 7.70. The molecule has 1 fully saturated rings. The molecule has 2 aromatic heterocycles. The second-order valence-corrected chi connectivity index (χ2v) is 9.31. The molecule has 2 aromatic rings. The fourth-order valence-corrected chi connectivity index (χ4v) is 4.05. The first-order valence-electron chi connectivity index (χ1n) is 8.41. The fraction of sp³-hybridized carbons (Fsp3) is 0.667. The summed E-state index contributed by atoms with van der Waals surface area (Å²) in [6, 6.07) is -0.557. The Balaban J connectivity index is 1.79. The maximum absolute atomic E-state index is 14.4. The predicted molar refractivity (Wildman–Crippen MR) is 97.7 cm³/mol. The van der Waals surface area contributed by atoms with Crippen LogP contribution in [0.15, 0.2) is 6.20 Å². The van der Waals surface area contributed by atoms with Crippen molar-refractivity contribution in [2.75, 3.05) is 24.7 Å². The van der Waals surface area contributed by atoms with Crippen molar-refractivity contribution in [3.8, 4) is 0 Å². The Bertz CT molecular complexity index is 903. The fourth-order valence-electron chi connectivity index (χ4n) is 2.98. The number of alkyl halides is 1. The molecule has 0 amide bonds. The number of anilines is 1.